The summed E-state index contributed by atoms with van der Waals surface area (Å²) in [6.45, 7) is 13.6. The second-order valence-corrected chi connectivity index (χ2v) is 9.47. The van der Waals surface area contributed by atoms with Gasteiger partial charge in [0.15, 0.2) is 5.65 Å². The number of carbonyl (C=O) groups excluding carboxylic acids is 1. The Labute approximate surface area is 178 Å². The maximum atomic E-state index is 13.3. The van der Waals surface area contributed by atoms with Crippen molar-refractivity contribution in [3.8, 4) is 0 Å². The van der Waals surface area contributed by atoms with E-state index < -0.39 is 0 Å². The van der Waals surface area contributed by atoms with Gasteiger partial charge in [0.2, 0.25) is 5.91 Å². The molecule has 0 bridgehead atoms. The molecule has 0 spiro atoms. The van der Waals surface area contributed by atoms with Gasteiger partial charge in [0.05, 0.1) is 23.1 Å². The zero-order valence-electron chi connectivity index (χ0n) is 18.9. The summed E-state index contributed by atoms with van der Waals surface area (Å²) in [6, 6.07) is 4.07. The molecule has 1 atom stereocenters. The van der Waals surface area contributed by atoms with Crippen molar-refractivity contribution in [2.75, 3.05) is 6.54 Å². The van der Waals surface area contributed by atoms with E-state index in [1.54, 1.807) is 0 Å². The van der Waals surface area contributed by atoms with Gasteiger partial charge in [-0.2, -0.15) is 10.2 Å². The third-order valence-corrected chi connectivity index (χ3v) is 6.35. The van der Waals surface area contributed by atoms with E-state index in [-0.39, 0.29) is 23.9 Å². The van der Waals surface area contributed by atoms with Crippen molar-refractivity contribution >= 4 is 11.6 Å². The fourth-order valence-electron chi connectivity index (χ4n) is 4.23. The van der Waals surface area contributed by atoms with E-state index in [9.17, 15) is 4.79 Å². The molecule has 4 heterocycles. The number of likely N-dealkylation sites (tertiary alicyclic amines) is 1. The molecule has 160 valence electrons. The minimum absolute atomic E-state index is 0.00234. The first-order chi connectivity index (χ1) is 14.2. The number of aromatic nitrogens is 5. The minimum atomic E-state index is -0.0552. The number of carbonyl (C=O) groups is 1. The van der Waals surface area contributed by atoms with Crippen molar-refractivity contribution in [1.82, 2.24) is 29.3 Å². The molecule has 4 rings (SSSR count). The van der Waals surface area contributed by atoms with Crippen molar-refractivity contribution in [3.63, 3.8) is 0 Å². The van der Waals surface area contributed by atoms with Crippen molar-refractivity contribution in [2.45, 2.75) is 78.8 Å². The molecular weight excluding hydrogens is 376 g/mol. The highest BCUT2D eigenvalue weighted by Gasteiger charge is 2.31. The van der Waals surface area contributed by atoms with Gasteiger partial charge in [-0.3, -0.25) is 9.48 Å². The molecular formula is C23H32N6O. The summed E-state index contributed by atoms with van der Waals surface area (Å²) >= 11 is 0. The molecule has 1 aliphatic heterocycles. The van der Waals surface area contributed by atoms with Crippen LogP contribution < -0.4 is 0 Å². The van der Waals surface area contributed by atoms with Crippen LogP contribution in [-0.4, -0.2) is 41.7 Å². The quantitative estimate of drug-likeness (QED) is 0.659. The van der Waals surface area contributed by atoms with Gasteiger partial charge >= 0.3 is 0 Å². The number of nitrogens with zero attached hydrogens (tertiary/aromatic N) is 6. The van der Waals surface area contributed by atoms with Gasteiger partial charge in [0.25, 0.3) is 0 Å². The van der Waals surface area contributed by atoms with E-state index >= 15 is 0 Å². The highest BCUT2D eigenvalue weighted by Crippen LogP contribution is 2.32. The summed E-state index contributed by atoms with van der Waals surface area (Å²) in [6.07, 6.45) is 4.90. The van der Waals surface area contributed by atoms with Gasteiger partial charge in [-0.1, -0.05) is 20.8 Å². The van der Waals surface area contributed by atoms with Crippen molar-refractivity contribution in [2.24, 2.45) is 0 Å². The monoisotopic (exact) mass is 408 g/mol. The molecule has 0 saturated carbocycles. The van der Waals surface area contributed by atoms with Crippen molar-refractivity contribution < 1.29 is 4.79 Å². The van der Waals surface area contributed by atoms with E-state index in [0.29, 0.717) is 0 Å². The summed E-state index contributed by atoms with van der Waals surface area (Å²) in [5.41, 5.74) is 6.02. The van der Waals surface area contributed by atoms with Crippen LogP contribution in [0.15, 0.2) is 18.3 Å². The molecule has 7 nitrogen and oxygen atoms in total. The molecule has 0 aromatic carbocycles. The Morgan fingerprint density at radius 2 is 1.93 bits per heavy atom. The average Bonchev–Trinajstić information content (AvgIpc) is 3.25. The third kappa shape index (κ3) is 3.61. The van der Waals surface area contributed by atoms with Crippen LogP contribution >= 0.6 is 0 Å². The number of aryl methyl sites for hydroxylation is 1. The maximum absolute atomic E-state index is 13.3. The summed E-state index contributed by atoms with van der Waals surface area (Å²) < 4.78 is 3.77. The second kappa shape index (κ2) is 7.52. The topological polar surface area (TPSA) is 68.3 Å². The van der Waals surface area contributed by atoms with Gasteiger partial charge in [0.1, 0.15) is 6.54 Å². The standard InChI is InChI=1S/C23H32N6O/c1-15-16(2)25-28(17(15)3)14-22(30)27-12-8-7-9-18(27)19-10-11-24-21-13-20(23(4,5)6)26-29(19)21/h10-11,13,18H,7-9,12,14H2,1-6H3/t18-/m0/s1. The molecule has 1 saturated heterocycles. The molecule has 1 amide bonds. The number of hydrogen-bond acceptors (Lipinski definition) is 4. The van der Waals surface area contributed by atoms with Crippen molar-refractivity contribution in [3.05, 3.63) is 46.7 Å². The molecule has 1 fully saturated rings. The first-order valence-electron chi connectivity index (χ1n) is 10.8. The number of hydrogen-bond donors (Lipinski definition) is 0. The first kappa shape index (κ1) is 20.6. The Hall–Kier alpha value is -2.70. The lowest BCUT2D eigenvalue weighted by molar-refractivity contribution is -0.136. The minimum Gasteiger partial charge on any atom is -0.332 e. The largest absolute Gasteiger partial charge is 0.332 e. The van der Waals surface area contributed by atoms with Crippen LogP contribution in [0.5, 0.6) is 0 Å². The molecule has 30 heavy (non-hydrogen) atoms. The van der Waals surface area contributed by atoms with Crippen LogP contribution in [0.2, 0.25) is 0 Å². The number of rotatable bonds is 3. The van der Waals surface area contributed by atoms with Gasteiger partial charge in [0, 0.05) is 29.9 Å². The van der Waals surface area contributed by atoms with E-state index in [1.807, 2.05) is 40.2 Å². The van der Waals surface area contributed by atoms with Gasteiger partial charge in [-0.15, -0.1) is 0 Å². The molecule has 1 aliphatic rings. The number of amides is 1. The predicted octanol–water partition coefficient (Wildman–Crippen LogP) is 3.90. The first-order valence-corrected chi connectivity index (χ1v) is 10.8. The molecule has 0 unspecified atom stereocenters. The van der Waals surface area contributed by atoms with E-state index in [0.717, 1.165) is 59.8 Å². The number of fused-ring (bicyclic) bond motifs is 1. The normalized spacial score (nSPS) is 17.7. The van der Waals surface area contributed by atoms with Crippen LogP contribution in [0.3, 0.4) is 0 Å². The number of piperidine rings is 1. The molecule has 7 heteroatoms. The van der Waals surface area contributed by atoms with E-state index in [2.05, 4.69) is 43.8 Å². The lowest BCUT2D eigenvalue weighted by Gasteiger charge is -2.36. The lowest BCUT2D eigenvalue weighted by Crippen LogP contribution is -2.41. The average molecular weight is 409 g/mol. The Morgan fingerprint density at radius 3 is 2.60 bits per heavy atom. The summed E-state index contributed by atoms with van der Waals surface area (Å²) in [4.78, 5) is 19.9. The molecule has 0 radical (unpaired) electrons. The second-order valence-electron chi connectivity index (χ2n) is 9.47. The maximum Gasteiger partial charge on any atom is 0.244 e. The Kier molecular flexibility index (Phi) is 5.16. The van der Waals surface area contributed by atoms with Crippen LogP contribution in [0.1, 0.15) is 74.4 Å². The lowest BCUT2D eigenvalue weighted by atomic mass is 9.93. The van der Waals surface area contributed by atoms with Gasteiger partial charge in [-0.05, 0) is 51.7 Å². The van der Waals surface area contributed by atoms with Gasteiger partial charge < -0.3 is 4.90 Å². The molecule has 3 aromatic rings. The van der Waals surface area contributed by atoms with Gasteiger partial charge in [-0.25, -0.2) is 9.50 Å². The molecule has 0 N–H and O–H groups in total. The Morgan fingerprint density at radius 1 is 1.17 bits per heavy atom. The van der Waals surface area contributed by atoms with E-state index in [4.69, 9.17) is 5.10 Å². The predicted molar refractivity (Wildman–Crippen MR) is 116 cm³/mol. The SMILES string of the molecule is Cc1nn(CC(=O)N2CCCC[C@H]2c2ccnc3cc(C(C)(C)C)nn23)c(C)c1C. The molecule has 0 aliphatic carbocycles. The van der Waals surface area contributed by atoms with Crippen LogP contribution in [-0.2, 0) is 16.8 Å². The third-order valence-electron chi connectivity index (χ3n) is 6.35. The van der Waals surface area contributed by atoms with Crippen molar-refractivity contribution in [1.29, 1.82) is 0 Å². The van der Waals surface area contributed by atoms with E-state index in [1.165, 1.54) is 0 Å². The fourth-order valence-corrected chi connectivity index (χ4v) is 4.23. The van der Waals surface area contributed by atoms with Crippen LogP contribution in [0.25, 0.3) is 5.65 Å². The van der Waals surface area contributed by atoms with Crippen LogP contribution in [0.4, 0.5) is 0 Å². The highest BCUT2D eigenvalue weighted by molar-refractivity contribution is 5.76. The Balaban J connectivity index is 1.68. The zero-order chi connectivity index (χ0) is 21.6. The Bertz CT molecular complexity index is 1090. The zero-order valence-corrected chi connectivity index (χ0v) is 18.9. The molecule has 3 aromatic heterocycles. The highest BCUT2D eigenvalue weighted by atomic mass is 16.2. The smallest absolute Gasteiger partial charge is 0.244 e. The van der Waals surface area contributed by atoms with Crippen LogP contribution in [0, 0.1) is 20.8 Å². The summed E-state index contributed by atoms with van der Waals surface area (Å²) in [5.74, 6) is 0.110. The summed E-state index contributed by atoms with van der Waals surface area (Å²) in [7, 11) is 0. The summed E-state index contributed by atoms with van der Waals surface area (Å²) in [5, 5.41) is 9.43. The fraction of sp³-hybridized carbons (Fsp3) is 0.565.